The maximum Gasteiger partial charge on any atom is 0.256 e. The number of hydrogen-bond donors (Lipinski definition) is 4. The predicted octanol–water partition coefficient (Wildman–Crippen LogP) is 3.16. The molecule has 0 saturated heterocycles. The third-order valence-corrected chi connectivity index (χ3v) is 6.16. The van der Waals surface area contributed by atoms with Gasteiger partial charge in [-0.1, -0.05) is 18.9 Å². The van der Waals surface area contributed by atoms with E-state index in [0.29, 0.717) is 30.0 Å². The van der Waals surface area contributed by atoms with Crippen molar-refractivity contribution in [1.82, 2.24) is 25.6 Å². The van der Waals surface area contributed by atoms with Crippen LogP contribution in [-0.2, 0) is 0 Å². The van der Waals surface area contributed by atoms with Crippen molar-refractivity contribution in [1.29, 1.82) is 0 Å². The van der Waals surface area contributed by atoms with Crippen molar-refractivity contribution in [3.63, 3.8) is 0 Å². The van der Waals surface area contributed by atoms with Crippen LogP contribution in [0.3, 0.4) is 0 Å². The number of imidazole rings is 1. The fourth-order valence-electron chi connectivity index (χ4n) is 4.63. The molecule has 154 valence electrons. The highest BCUT2D eigenvalue weighted by Crippen LogP contribution is 2.37. The fraction of sp³-hybridized carbons (Fsp3) is 0.348. The average molecular weight is 403 g/mol. The third kappa shape index (κ3) is 3.06. The zero-order valence-electron chi connectivity index (χ0n) is 17.0. The van der Waals surface area contributed by atoms with Crippen molar-refractivity contribution in [3.8, 4) is 0 Å². The van der Waals surface area contributed by atoms with Gasteiger partial charge in [-0.15, -0.1) is 0 Å². The lowest BCUT2D eigenvalue weighted by molar-refractivity contribution is 0.0954. The monoisotopic (exact) mass is 403 g/mol. The fourth-order valence-corrected chi connectivity index (χ4v) is 4.63. The van der Waals surface area contributed by atoms with Gasteiger partial charge in [0.15, 0.2) is 0 Å². The molecule has 7 heteroatoms. The van der Waals surface area contributed by atoms with E-state index >= 15 is 0 Å². The highest BCUT2D eigenvalue weighted by atomic mass is 16.1. The Balaban J connectivity index is 1.73. The molecule has 2 heterocycles. The Kier molecular flexibility index (Phi) is 4.75. The van der Waals surface area contributed by atoms with Crippen LogP contribution in [0.5, 0.6) is 0 Å². The van der Waals surface area contributed by atoms with E-state index in [1.807, 2.05) is 31.3 Å². The lowest BCUT2D eigenvalue weighted by Crippen LogP contribution is -2.30. The van der Waals surface area contributed by atoms with E-state index in [1.54, 1.807) is 6.20 Å². The molecule has 0 unspecified atom stereocenters. The molecule has 5 rings (SSSR count). The smallest absolute Gasteiger partial charge is 0.256 e. The summed E-state index contributed by atoms with van der Waals surface area (Å²) < 4.78 is 0. The molecule has 4 aromatic rings. The SMILES string of the molecule is CNCCNC(=O)c1ccc2c(c1)c1c(=O)[nH]ccc1c1nc(C3CCCC3)[nH]c21. The quantitative estimate of drug-likeness (QED) is 0.304. The van der Waals surface area contributed by atoms with Crippen molar-refractivity contribution in [2.75, 3.05) is 20.1 Å². The standard InChI is InChI=1S/C23H25N5O2/c1-24-10-11-26-22(29)14-6-7-15-17(12-14)18-16(8-9-25-23(18)30)20-19(15)27-21(28-20)13-4-2-3-5-13/h6-9,12-13,24H,2-5,10-11H2,1H3,(H,25,30)(H,26,29)(H,27,28). The van der Waals surface area contributed by atoms with Gasteiger partial charge in [-0.05, 0) is 43.5 Å². The van der Waals surface area contributed by atoms with Crippen LogP contribution in [0.2, 0.25) is 0 Å². The average Bonchev–Trinajstić information content (AvgIpc) is 3.43. The Morgan fingerprint density at radius 2 is 1.97 bits per heavy atom. The van der Waals surface area contributed by atoms with Crippen LogP contribution in [0, 0.1) is 0 Å². The van der Waals surface area contributed by atoms with E-state index in [4.69, 9.17) is 4.98 Å². The second kappa shape index (κ2) is 7.57. The van der Waals surface area contributed by atoms with E-state index in [-0.39, 0.29) is 11.5 Å². The number of rotatable bonds is 5. The molecule has 0 atom stereocenters. The molecular formula is C23H25N5O2. The first-order valence-corrected chi connectivity index (χ1v) is 10.6. The number of carbonyl (C=O) groups is 1. The highest BCUT2D eigenvalue weighted by molar-refractivity contribution is 6.23. The van der Waals surface area contributed by atoms with Gasteiger partial charge in [-0.2, -0.15) is 0 Å². The van der Waals surface area contributed by atoms with Crippen molar-refractivity contribution >= 4 is 38.5 Å². The minimum Gasteiger partial charge on any atom is -0.351 e. The first-order chi connectivity index (χ1) is 14.7. The van der Waals surface area contributed by atoms with Gasteiger partial charge in [-0.3, -0.25) is 9.59 Å². The predicted molar refractivity (Wildman–Crippen MR) is 119 cm³/mol. The molecule has 1 aliphatic rings. The lowest BCUT2D eigenvalue weighted by atomic mass is 9.99. The second-order valence-corrected chi connectivity index (χ2v) is 8.04. The summed E-state index contributed by atoms with van der Waals surface area (Å²) in [6.07, 6.45) is 6.42. The molecule has 1 fully saturated rings. The van der Waals surface area contributed by atoms with E-state index < -0.39 is 0 Å². The minimum absolute atomic E-state index is 0.149. The zero-order valence-corrected chi connectivity index (χ0v) is 17.0. The molecule has 4 N–H and O–H groups in total. The first kappa shape index (κ1) is 18.8. The summed E-state index contributed by atoms with van der Waals surface area (Å²) in [6.45, 7) is 1.24. The zero-order chi connectivity index (χ0) is 20.7. The van der Waals surface area contributed by atoms with Crippen LogP contribution in [0.15, 0.2) is 35.3 Å². The number of fused-ring (bicyclic) bond motifs is 6. The molecule has 1 saturated carbocycles. The molecule has 0 bridgehead atoms. The van der Waals surface area contributed by atoms with Gasteiger partial charge in [0.25, 0.3) is 11.5 Å². The molecule has 2 aromatic heterocycles. The summed E-state index contributed by atoms with van der Waals surface area (Å²) in [5.74, 6) is 1.30. The van der Waals surface area contributed by atoms with Crippen molar-refractivity contribution in [2.45, 2.75) is 31.6 Å². The molecule has 1 amide bonds. The largest absolute Gasteiger partial charge is 0.351 e. The van der Waals surface area contributed by atoms with Crippen LogP contribution in [-0.4, -0.2) is 41.0 Å². The van der Waals surface area contributed by atoms with Crippen LogP contribution < -0.4 is 16.2 Å². The van der Waals surface area contributed by atoms with Crippen molar-refractivity contribution in [2.24, 2.45) is 0 Å². The van der Waals surface area contributed by atoms with Crippen molar-refractivity contribution in [3.05, 3.63) is 52.2 Å². The molecule has 2 aromatic carbocycles. The Morgan fingerprint density at radius 3 is 2.77 bits per heavy atom. The van der Waals surface area contributed by atoms with Gasteiger partial charge in [0.1, 0.15) is 5.82 Å². The lowest BCUT2D eigenvalue weighted by Gasteiger charge is -2.09. The van der Waals surface area contributed by atoms with E-state index in [9.17, 15) is 9.59 Å². The van der Waals surface area contributed by atoms with E-state index in [0.717, 1.165) is 45.9 Å². The summed E-state index contributed by atoms with van der Waals surface area (Å²) in [7, 11) is 1.84. The summed E-state index contributed by atoms with van der Waals surface area (Å²) in [4.78, 5) is 36.6. The second-order valence-electron chi connectivity index (χ2n) is 8.04. The number of aromatic nitrogens is 3. The Hall–Kier alpha value is -3.19. The van der Waals surface area contributed by atoms with Crippen LogP contribution in [0.1, 0.15) is 47.8 Å². The number of benzene rings is 2. The Labute approximate surface area is 173 Å². The molecule has 30 heavy (non-hydrogen) atoms. The number of nitrogens with zero attached hydrogens (tertiary/aromatic N) is 1. The summed E-state index contributed by atoms with van der Waals surface area (Å²) in [5, 5.41) is 8.98. The molecular weight excluding hydrogens is 378 g/mol. The van der Waals surface area contributed by atoms with Gasteiger partial charge < -0.3 is 20.6 Å². The van der Waals surface area contributed by atoms with Crippen LogP contribution in [0.25, 0.3) is 32.6 Å². The normalized spacial score (nSPS) is 14.8. The molecule has 7 nitrogen and oxygen atoms in total. The van der Waals surface area contributed by atoms with Crippen LogP contribution in [0.4, 0.5) is 0 Å². The molecule has 0 aliphatic heterocycles. The van der Waals surface area contributed by atoms with Gasteiger partial charge in [0.05, 0.1) is 16.4 Å². The van der Waals surface area contributed by atoms with Crippen LogP contribution >= 0.6 is 0 Å². The summed E-state index contributed by atoms with van der Waals surface area (Å²) in [5.41, 5.74) is 2.14. The molecule has 0 radical (unpaired) electrons. The number of carbonyl (C=O) groups excluding carboxylic acids is 1. The van der Waals surface area contributed by atoms with Gasteiger partial charge in [0, 0.05) is 41.5 Å². The first-order valence-electron chi connectivity index (χ1n) is 10.6. The maximum atomic E-state index is 12.8. The number of aromatic amines is 2. The van der Waals surface area contributed by atoms with Gasteiger partial charge in [-0.25, -0.2) is 4.98 Å². The number of amides is 1. The topological polar surface area (TPSA) is 103 Å². The van der Waals surface area contributed by atoms with E-state index in [2.05, 4.69) is 20.6 Å². The Morgan fingerprint density at radius 1 is 1.13 bits per heavy atom. The van der Waals surface area contributed by atoms with Crippen molar-refractivity contribution < 1.29 is 4.79 Å². The molecule has 0 spiro atoms. The highest BCUT2D eigenvalue weighted by Gasteiger charge is 2.23. The molecule has 1 aliphatic carbocycles. The maximum absolute atomic E-state index is 12.8. The third-order valence-electron chi connectivity index (χ3n) is 6.16. The number of pyridine rings is 1. The number of nitrogens with one attached hydrogen (secondary N) is 4. The summed E-state index contributed by atoms with van der Waals surface area (Å²) in [6, 6.07) is 7.46. The number of H-pyrrole nitrogens is 2. The summed E-state index contributed by atoms with van der Waals surface area (Å²) >= 11 is 0. The number of likely N-dealkylation sites (N-methyl/N-ethyl adjacent to an activating group) is 1. The van der Waals surface area contributed by atoms with Gasteiger partial charge >= 0.3 is 0 Å². The Bertz CT molecular complexity index is 1310. The minimum atomic E-state index is -0.169. The van der Waals surface area contributed by atoms with E-state index in [1.165, 1.54) is 12.8 Å². The number of hydrogen-bond acceptors (Lipinski definition) is 4. The van der Waals surface area contributed by atoms with Gasteiger partial charge in [0.2, 0.25) is 0 Å².